The highest BCUT2D eigenvalue weighted by atomic mass is 32.2. The number of nitrogens with one attached hydrogen (secondary N) is 2. The lowest BCUT2D eigenvalue weighted by Gasteiger charge is -2.15. The number of thioether (sulfide) groups is 1. The summed E-state index contributed by atoms with van der Waals surface area (Å²) in [5, 5.41) is 14.3. The average molecular weight is 314 g/mol. The normalized spacial score (nSPS) is 12.0. The van der Waals surface area contributed by atoms with Crippen LogP contribution in [-0.2, 0) is 12.3 Å². The van der Waals surface area contributed by atoms with Crippen LogP contribution in [-0.4, -0.2) is 30.0 Å². The number of carbonyl (C=O) groups excluding carboxylic acids is 1. The monoisotopic (exact) mass is 314 g/mol. The Labute approximate surface area is 129 Å². The summed E-state index contributed by atoms with van der Waals surface area (Å²) in [7, 11) is 0. The molecule has 0 aliphatic rings. The van der Waals surface area contributed by atoms with E-state index in [1.807, 2.05) is 13.2 Å². The third kappa shape index (κ3) is 6.82. The van der Waals surface area contributed by atoms with Gasteiger partial charge in [0.15, 0.2) is 0 Å². The maximum absolute atomic E-state index is 13.2. The van der Waals surface area contributed by atoms with Crippen LogP contribution in [0.25, 0.3) is 0 Å². The van der Waals surface area contributed by atoms with Crippen molar-refractivity contribution in [1.82, 2.24) is 10.6 Å². The minimum Gasteiger partial charge on any atom is -0.396 e. The first kappa shape index (κ1) is 17.8. The number of hydrogen-bond acceptors (Lipinski definition) is 3. The Morgan fingerprint density at radius 2 is 2.19 bits per heavy atom. The Morgan fingerprint density at radius 3 is 2.86 bits per heavy atom. The second-order valence-electron chi connectivity index (χ2n) is 4.94. The van der Waals surface area contributed by atoms with Gasteiger partial charge in [-0.2, -0.15) is 11.8 Å². The van der Waals surface area contributed by atoms with Crippen molar-refractivity contribution in [1.29, 1.82) is 0 Å². The van der Waals surface area contributed by atoms with Crippen LogP contribution in [0.15, 0.2) is 18.2 Å². The predicted octanol–water partition coefficient (Wildman–Crippen LogP) is 2.65. The van der Waals surface area contributed by atoms with Crippen LogP contribution in [0.1, 0.15) is 30.9 Å². The molecule has 6 heteroatoms. The van der Waals surface area contributed by atoms with Crippen LogP contribution < -0.4 is 10.6 Å². The number of aliphatic hydroxyl groups excluding tert-OH is 1. The van der Waals surface area contributed by atoms with Gasteiger partial charge in [-0.15, -0.1) is 0 Å². The van der Waals surface area contributed by atoms with E-state index in [9.17, 15) is 9.18 Å². The van der Waals surface area contributed by atoms with E-state index in [1.54, 1.807) is 17.8 Å². The average Bonchev–Trinajstić information content (AvgIpc) is 2.44. The van der Waals surface area contributed by atoms with Crippen molar-refractivity contribution in [2.24, 2.45) is 0 Å². The molecular weight excluding hydrogens is 291 g/mol. The third-order valence-corrected chi connectivity index (χ3v) is 3.68. The molecule has 0 fully saturated rings. The lowest BCUT2D eigenvalue weighted by Crippen LogP contribution is -2.40. The number of aliphatic hydroxyl groups is 1. The van der Waals surface area contributed by atoms with Gasteiger partial charge in [0.1, 0.15) is 5.82 Å². The molecule has 3 N–H and O–H groups in total. The molecule has 0 saturated heterocycles. The van der Waals surface area contributed by atoms with Gasteiger partial charge in [-0.1, -0.05) is 6.07 Å². The van der Waals surface area contributed by atoms with E-state index >= 15 is 0 Å². The molecule has 0 radical (unpaired) electrons. The topological polar surface area (TPSA) is 61.4 Å². The first-order chi connectivity index (χ1) is 10.1. The van der Waals surface area contributed by atoms with Gasteiger partial charge in [-0.05, 0) is 49.3 Å². The van der Waals surface area contributed by atoms with Gasteiger partial charge < -0.3 is 15.7 Å². The highest BCUT2D eigenvalue weighted by Crippen LogP contribution is 2.16. The van der Waals surface area contributed by atoms with Gasteiger partial charge in [-0.3, -0.25) is 0 Å². The van der Waals surface area contributed by atoms with Crippen molar-refractivity contribution in [2.45, 2.75) is 38.1 Å². The summed E-state index contributed by atoms with van der Waals surface area (Å²) in [6.07, 6.45) is 3.35. The third-order valence-electron chi connectivity index (χ3n) is 3.08. The fraction of sp³-hybridized carbons (Fsp3) is 0.533. The fourth-order valence-electron chi connectivity index (χ4n) is 1.98. The molecule has 1 aromatic carbocycles. The van der Waals surface area contributed by atoms with Crippen molar-refractivity contribution in [2.75, 3.05) is 12.9 Å². The van der Waals surface area contributed by atoms with Crippen molar-refractivity contribution in [3.8, 4) is 0 Å². The number of hydrogen-bond donors (Lipinski definition) is 3. The summed E-state index contributed by atoms with van der Waals surface area (Å²) < 4.78 is 13.2. The molecule has 0 bridgehead atoms. The molecule has 1 unspecified atom stereocenters. The van der Waals surface area contributed by atoms with Crippen LogP contribution in [0.2, 0.25) is 0 Å². The number of amides is 2. The summed E-state index contributed by atoms with van der Waals surface area (Å²) in [5.41, 5.74) is 1.82. The molecule has 21 heavy (non-hydrogen) atoms. The Bertz CT molecular complexity index is 457. The van der Waals surface area contributed by atoms with Gasteiger partial charge in [0, 0.05) is 24.9 Å². The number of halogens is 1. The van der Waals surface area contributed by atoms with Crippen LogP contribution in [0, 0.1) is 5.82 Å². The Balaban J connectivity index is 2.49. The molecule has 0 heterocycles. The van der Waals surface area contributed by atoms with Gasteiger partial charge in [0.25, 0.3) is 0 Å². The smallest absolute Gasteiger partial charge is 0.315 e. The highest BCUT2D eigenvalue weighted by Gasteiger charge is 2.08. The summed E-state index contributed by atoms with van der Waals surface area (Å²) in [4.78, 5) is 11.8. The Morgan fingerprint density at radius 1 is 1.43 bits per heavy atom. The minimum atomic E-state index is -0.259. The summed E-state index contributed by atoms with van der Waals surface area (Å²) in [5.74, 6) is 0.452. The van der Waals surface area contributed by atoms with Crippen LogP contribution >= 0.6 is 11.8 Å². The van der Waals surface area contributed by atoms with E-state index in [4.69, 9.17) is 5.11 Å². The molecule has 0 aliphatic heterocycles. The molecule has 2 amide bonds. The zero-order valence-electron chi connectivity index (χ0n) is 12.5. The predicted molar refractivity (Wildman–Crippen MR) is 84.8 cm³/mol. The zero-order valence-corrected chi connectivity index (χ0v) is 13.3. The van der Waals surface area contributed by atoms with Crippen molar-refractivity contribution >= 4 is 17.8 Å². The van der Waals surface area contributed by atoms with Crippen molar-refractivity contribution < 1.29 is 14.3 Å². The first-order valence-electron chi connectivity index (χ1n) is 6.98. The van der Waals surface area contributed by atoms with E-state index in [0.29, 0.717) is 18.7 Å². The van der Waals surface area contributed by atoms with Crippen LogP contribution in [0.5, 0.6) is 0 Å². The van der Waals surface area contributed by atoms with Crippen LogP contribution in [0.4, 0.5) is 9.18 Å². The summed E-state index contributed by atoms with van der Waals surface area (Å²) in [6, 6.07) is 4.38. The summed E-state index contributed by atoms with van der Waals surface area (Å²) >= 11 is 1.61. The summed E-state index contributed by atoms with van der Waals surface area (Å²) in [6.45, 7) is 2.39. The number of rotatable bonds is 8. The molecule has 0 saturated carbocycles. The van der Waals surface area contributed by atoms with Crippen molar-refractivity contribution in [3.05, 3.63) is 35.1 Å². The maximum atomic E-state index is 13.2. The van der Waals surface area contributed by atoms with Crippen LogP contribution in [0.3, 0.4) is 0 Å². The molecule has 4 nitrogen and oxygen atoms in total. The second kappa shape index (κ2) is 9.63. The lowest BCUT2D eigenvalue weighted by molar-refractivity contribution is 0.234. The Hall–Kier alpha value is -1.27. The second-order valence-corrected chi connectivity index (χ2v) is 5.81. The largest absolute Gasteiger partial charge is 0.396 e. The maximum Gasteiger partial charge on any atom is 0.315 e. The van der Waals surface area contributed by atoms with Crippen molar-refractivity contribution in [3.63, 3.8) is 0 Å². The lowest BCUT2D eigenvalue weighted by atomic mass is 10.1. The van der Waals surface area contributed by atoms with Gasteiger partial charge in [-0.25, -0.2) is 9.18 Å². The van der Waals surface area contributed by atoms with Gasteiger partial charge in [0.2, 0.25) is 0 Å². The minimum absolute atomic E-state index is 0.0102. The quantitative estimate of drug-likeness (QED) is 0.691. The first-order valence-corrected chi connectivity index (χ1v) is 8.37. The molecule has 0 aliphatic carbocycles. The van der Waals surface area contributed by atoms with Gasteiger partial charge in [0.05, 0.1) is 0 Å². The molecular formula is C15H23FN2O2S. The molecule has 118 valence electrons. The zero-order chi connectivity index (χ0) is 15.7. The van der Waals surface area contributed by atoms with E-state index in [-0.39, 0.29) is 24.5 Å². The molecule has 0 spiro atoms. The van der Waals surface area contributed by atoms with Gasteiger partial charge >= 0.3 is 6.03 Å². The SMILES string of the molecule is CSCc1cc(F)ccc1CNC(=O)NC(C)CCCO. The number of urea groups is 1. The highest BCUT2D eigenvalue weighted by molar-refractivity contribution is 7.97. The standard InChI is InChI=1S/C15H23FN2O2S/c1-11(4-3-7-19)18-15(20)17-9-12-5-6-14(16)8-13(12)10-21-2/h5-6,8,11,19H,3-4,7,9-10H2,1-2H3,(H2,17,18,20). The van der Waals surface area contributed by atoms with E-state index in [0.717, 1.165) is 17.5 Å². The van der Waals surface area contributed by atoms with E-state index < -0.39 is 0 Å². The molecule has 1 rings (SSSR count). The molecule has 1 aromatic rings. The molecule has 0 aromatic heterocycles. The van der Waals surface area contributed by atoms with E-state index in [2.05, 4.69) is 10.6 Å². The molecule has 1 atom stereocenters. The number of benzene rings is 1. The Kier molecular flexibility index (Phi) is 8.15. The fourth-order valence-corrected chi connectivity index (χ4v) is 2.56. The van der Waals surface area contributed by atoms with E-state index in [1.165, 1.54) is 12.1 Å². The number of carbonyl (C=O) groups is 1.